The molecular formula is C13H21N7S. The van der Waals surface area contributed by atoms with E-state index in [-0.39, 0.29) is 5.41 Å². The number of hydrogen-bond donors (Lipinski definition) is 2. The molecule has 2 N–H and O–H groups in total. The van der Waals surface area contributed by atoms with Crippen molar-refractivity contribution in [2.75, 3.05) is 24.5 Å². The Balaban J connectivity index is 1.87. The minimum atomic E-state index is -0.0567. The summed E-state index contributed by atoms with van der Waals surface area (Å²) in [5, 5.41) is 15.1. The predicted molar refractivity (Wildman–Crippen MR) is 83.7 cm³/mol. The zero-order valence-electron chi connectivity index (χ0n) is 12.8. The van der Waals surface area contributed by atoms with Crippen molar-refractivity contribution in [2.24, 2.45) is 0 Å². The van der Waals surface area contributed by atoms with Gasteiger partial charge in [-0.3, -0.25) is 5.10 Å². The molecule has 3 heterocycles. The monoisotopic (exact) mass is 307 g/mol. The normalized spacial score (nSPS) is 20.0. The SMILES string of the molecule is CC1CN(c2n[nH]c(-c3snnc3C(C)(C)C)n2)CCN1. The Kier molecular flexibility index (Phi) is 3.66. The first kappa shape index (κ1) is 14.4. The number of hydrogen-bond acceptors (Lipinski definition) is 7. The van der Waals surface area contributed by atoms with Gasteiger partial charge in [0.1, 0.15) is 4.88 Å². The number of aromatic amines is 1. The Morgan fingerprint density at radius 1 is 1.33 bits per heavy atom. The van der Waals surface area contributed by atoms with E-state index in [1.165, 1.54) is 11.5 Å². The van der Waals surface area contributed by atoms with Crippen LogP contribution in [0.5, 0.6) is 0 Å². The third-order valence-electron chi connectivity index (χ3n) is 3.54. The first-order chi connectivity index (χ1) is 9.95. The lowest BCUT2D eigenvalue weighted by molar-refractivity contribution is 0.480. The van der Waals surface area contributed by atoms with Crippen LogP contribution in [0.15, 0.2) is 0 Å². The van der Waals surface area contributed by atoms with Gasteiger partial charge in [0.15, 0.2) is 5.82 Å². The molecule has 8 heteroatoms. The predicted octanol–water partition coefficient (Wildman–Crippen LogP) is 1.42. The highest BCUT2D eigenvalue weighted by molar-refractivity contribution is 7.09. The van der Waals surface area contributed by atoms with Crippen molar-refractivity contribution in [3.63, 3.8) is 0 Å². The van der Waals surface area contributed by atoms with Gasteiger partial charge in [-0.05, 0) is 18.5 Å². The Morgan fingerprint density at radius 3 is 2.86 bits per heavy atom. The Hall–Kier alpha value is -1.54. The minimum Gasteiger partial charge on any atom is -0.337 e. The molecule has 1 fully saturated rings. The number of rotatable bonds is 2. The first-order valence-electron chi connectivity index (χ1n) is 7.19. The van der Waals surface area contributed by atoms with E-state index in [9.17, 15) is 0 Å². The van der Waals surface area contributed by atoms with E-state index >= 15 is 0 Å². The number of piperazine rings is 1. The van der Waals surface area contributed by atoms with Gasteiger partial charge in [0.2, 0.25) is 5.95 Å². The molecule has 0 aliphatic carbocycles. The molecule has 3 rings (SSSR count). The summed E-state index contributed by atoms with van der Waals surface area (Å²) in [6, 6.07) is 0.455. The van der Waals surface area contributed by atoms with Crippen molar-refractivity contribution in [1.82, 2.24) is 30.1 Å². The zero-order chi connectivity index (χ0) is 15.0. The fourth-order valence-electron chi connectivity index (χ4n) is 2.45. The van der Waals surface area contributed by atoms with Crippen molar-refractivity contribution < 1.29 is 0 Å². The number of nitrogens with one attached hydrogen (secondary N) is 2. The summed E-state index contributed by atoms with van der Waals surface area (Å²) in [6.45, 7) is 11.4. The van der Waals surface area contributed by atoms with Crippen molar-refractivity contribution in [2.45, 2.75) is 39.2 Å². The van der Waals surface area contributed by atoms with E-state index in [2.05, 4.69) is 62.7 Å². The van der Waals surface area contributed by atoms with Crippen molar-refractivity contribution in [3.05, 3.63) is 5.69 Å². The molecule has 0 spiro atoms. The lowest BCUT2D eigenvalue weighted by Gasteiger charge is -2.30. The average Bonchev–Trinajstić information content (AvgIpc) is 3.07. The van der Waals surface area contributed by atoms with Gasteiger partial charge >= 0.3 is 0 Å². The van der Waals surface area contributed by atoms with Gasteiger partial charge in [-0.15, -0.1) is 10.2 Å². The average molecular weight is 307 g/mol. The molecule has 114 valence electrons. The highest BCUT2D eigenvalue weighted by atomic mass is 32.1. The summed E-state index contributed by atoms with van der Waals surface area (Å²) >= 11 is 1.36. The Labute approximate surface area is 128 Å². The number of nitrogens with zero attached hydrogens (tertiary/aromatic N) is 5. The van der Waals surface area contributed by atoms with Crippen LogP contribution in [0.2, 0.25) is 0 Å². The molecule has 0 radical (unpaired) electrons. The van der Waals surface area contributed by atoms with Crippen LogP contribution in [0.25, 0.3) is 10.7 Å². The number of aromatic nitrogens is 5. The van der Waals surface area contributed by atoms with Gasteiger partial charge in [0.05, 0.1) is 5.69 Å². The van der Waals surface area contributed by atoms with Gasteiger partial charge in [0, 0.05) is 31.1 Å². The van der Waals surface area contributed by atoms with Crippen LogP contribution < -0.4 is 10.2 Å². The van der Waals surface area contributed by atoms with E-state index in [0.717, 1.165) is 42.0 Å². The molecule has 1 atom stereocenters. The van der Waals surface area contributed by atoms with E-state index in [4.69, 9.17) is 0 Å². The largest absolute Gasteiger partial charge is 0.337 e. The second-order valence-electron chi connectivity index (χ2n) is 6.49. The molecule has 0 bridgehead atoms. The van der Waals surface area contributed by atoms with Crippen LogP contribution >= 0.6 is 11.5 Å². The lowest BCUT2D eigenvalue weighted by atomic mass is 9.91. The summed E-state index contributed by atoms with van der Waals surface area (Å²) in [5.41, 5.74) is 0.905. The zero-order valence-corrected chi connectivity index (χ0v) is 13.7. The maximum absolute atomic E-state index is 4.65. The van der Waals surface area contributed by atoms with E-state index in [1.54, 1.807) is 0 Å². The topological polar surface area (TPSA) is 82.6 Å². The van der Waals surface area contributed by atoms with Crippen LogP contribution in [0.1, 0.15) is 33.4 Å². The molecule has 1 aliphatic rings. The fourth-order valence-corrected chi connectivity index (χ4v) is 3.26. The number of anilines is 1. The molecule has 1 unspecified atom stereocenters. The maximum Gasteiger partial charge on any atom is 0.245 e. The molecule has 0 amide bonds. The smallest absolute Gasteiger partial charge is 0.245 e. The van der Waals surface area contributed by atoms with Crippen LogP contribution in [0, 0.1) is 0 Å². The molecule has 0 saturated carbocycles. The standard InChI is InChI=1S/C13H21N7S/c1-8-7-20(6-5-14-8)12-15-11(17-18-12)9-10(13(2,3)4)16-19-21-9/h8,14H,5-7H2,1-4H3,(H,15,17,18). The second-order valence-corrected chi connectivity index (χ2v) is 7.24. The summed E-state index contributed by atoms with van der Waals surface area (Å²) in [6.07, 6.45) is 0. The van der Waals surface area contributed by atoms with Gasteiger partial charge in [0.25, 0.3) is 0 Å². The quantitative estimate of drug-likeness (QED) is 0.873. The summed E-state index contributed by atoms with van der Waals surface area (Å²) in [5.74, 6) is 1.52. The molecule has 2 aromatic rings. The summed E-state index contributed by atoms with van der Waals surface area (Å²) in [7, 11) is 0. The van der Waals surface area contributed by atoms with Crippen molar-refractivity contribution in [1.29, 1.82) is 0 Å². The van der Waals surface area contributed by atoms with E-state index < -0.39 is 0 Å². The van der Waals surface area contributed by atoms with Crippen LogP contribution in [0.4, 0.5) is 5.95 Å². The third-order valence-corrected chi connectivity index (χ3v) is 4.27. The lowest BCUT2D eigenvalue weighted by Crippen LogP contribution is -2.49. The summed E-state index contributed by atoms with van der Waals surface area (Å²) < 4.78 is 4.08. The minimum absolute atomic E-state index is 0.0567. The molecule has 2 aromatic heterocycles. The molecule has 1 aliphatic heterocycles. The van der Waals surface area contributed by atoms with E-state index in [1.807, 2.05) is 0 Å². The molecular weight excluding hydrogens is 286 g/mol. The van der Waals surface area contributed by atoms with Gasteiger partial charge in [-0.2, -0.15) is 4.98 Å². The third kappa shape index (κ3) is 2.91. The second kappa shape index (κ2) is 5.34. The molecule has 1 saturated heterocycles. The Bertz CT molecular complexity index is 612. The van der Waals surface area contributed by atoms with Crippen molar-refractivity contribution >= 4 is 17.5 Å². The van der Waals surface area contributed by atoms with Gasteiger partial charge < -0.3 is 10.2 Å². The van der Waals surface area contributed by atoms with Crippen molar-refractivity contribution in [3.8, 4) is 10.7 Å². The van der Waals surface area contributed by atoms with Crippen LogP contribution in [-0.4, -0.2) is 50.4 Å². The molecule has 0 aromatic carbocycles. The maximum atomic E-state index is 4.65. The van der Waals surface area contributed by atoms with E-state index in [0.29, 0.717) is 6.04 Å². The highest BCUT2D eigenvalue weighted by Gasteiger charge is 2.26. The first-order valence-corrected chi connectivity index (χ1v) is 7.96. The van der Waals surface area contributed by atoms with Crippen LogP contribution in [-0.2, 0) is 5.41 Å². The number of H-pyrrole nitrogens is 1. The highest BCUT2D eigenvalue weighted by Crippen LogP contribution is 2.32. The summed E-state index contributed by atoms with van der Waals surface area (Å²) in [4.78, 5) is 7.82. The Morgan fingerprint density at radius 2 is 2.14 bits per heavy atom. The molecule has 21 heavy (non-hydrogen) atoms. The van der Waals surface area contributed by atoms with Gasteiger partial charge in [-0.1, -0.05) is 25.3 Å². The van der Waals surface area contributed by atoms with Gasteiger partial charge in [-0.25, -0.2) is 0 Å². The fraction of sp³-hybridized carbons (Fsp3) is 0.692. The molecule has 7 nitrogen and oxygen atoms in total. The van der Waals surface area contributed by atoms with Crippen LogP contribution in [0.3, 0.4) is 0 Å².